The number of hydrogen-bond donors (Lipinski definition) is 2. The zero-order chi connectivity index (χ0) is 16.8. The van der Waals surface area contributed by atoms with E-state index >= 15 is 0 Å². The van der Waals surface area contributed by atoms with Crippen LogP contribution in [0.1, 0.15) is 38.5 Å². The average Bonchev–Trinajstić information content (AvgIpc) is 2.85. The van der Waals surface area contributed by atoms with E-state index < -0.39 is 0 Å². The first-order chi connectivity index (χ1) is 11.7. The van der Waals surface area contributed by atoms with Gasteiger partial charge in [0.25, 0.3) is 0 Å². The fraction of sp³-hybridized carbons (Fsp3) is 0.632. The van der Waals surface area contributed by atoms with Crippen molar-refractivity contribution in [3.8, 4) is 0 Å². The van der Waals surface area contributed by atoms with E-state index in [1.165, 1.54) is 31.4 Å². The summed E-state index contributed by atoms with van der Waals surface area (Å²) < 4.78 is 0. The second-order valence-corrected chi connectivity index (χ2v) is 7.12. The van der Waals surface area contributed by atoms with Gasteiger partial charge in [0.05, 0.1) is 0 Å². The summed E-state index contributed by atoms with van der Waals surface area (Å²) in [6, 6.07) is 8.46. The predicted molar refractivity (Wildman–Crippen MR) is 99.8 cm³/mol. The summed E-state index contributed by atoms with van der Waals surface area (Å²) in [5, 5.41) is 6.09. The molecule has 1 saturated carbocycles. The van der Waals surface area contributed by atoms with Gasteiger partial charge in [-0.15, -0.1) is 0 Å². The van der Waals surface area contributed by atoms with Crippen LogP contribution in [-0.4, -0.2) is 50.2 Å². The Labute approximate surface area is 145 Å². The van der Waals surface area contributed by atoms with Crippen LogP contribution in [0.5, 0.6) is 0 Å². The van der Waals surface area contributed by atoms with Crippen molar-refractivity contribution >= 4 is 17.4 Å². The number of benzene rings is 1. The molecule has 5 nitrogen and oxygen atoms in total. The van der Waals surface area contributed by atoms with E-state index in [4.69, 9.17) is 0 Å². The molecule has 0 atom stereocenters. The first-order valence-corrected chi connectivity index (χ1v) is 9.32. The predicted octanol–water partition coefficient (Wildman–Crippen LogP) is 3.28. The number of amides is 2. The Bertz CT molecular complexity index is 515. The molecule has 0 radical (unpaired) electrons. The molecule has 0 bridgehead atoms. The highest BCUT2D eigenvalue weighted by molar-refractivity contribution is 5.89. The van der Waals surface area contributed by atoms with Crippen LogP contribution in [0, 0.1) is 0 Å². The molecule has 3 rings (SSSR count). The minimum atomic E-state index is -0.0748. The van der Waals surface area contributed by atoms with Crippen LogP contribution in [0.2, 0.25) is 0 Å². The van der Waals surface area contributed by atoms with Crippen LogP contribution in [0.4, 0.5) is 16.2 Å². The topological polar surface area (TPSA) is 47.6 Å². The van der Waals surface area contributed by atoms with Gasteiger partial charge in [-0.05, 0) is 44.2 Å². The van der Waals surface area contributed by atoms with Gasteiger partial charge in [-0.2, -0.15) is 0 Å². The van der Waals surface area contributed by atoms with Gasteiger partial charge in [0.15, 0.2) is 0 Å². The third kappa shape index (κ3) is 4.87. The lowest BCUT2D eigenvalue weighted by atomic mass is 10.1. The smallest absolute Gasteiger partial charge is 0.319 e. The van der Waals surface area contributed by atoms with E-state index in [0.29, 0.717) is 6.04 Å². The molecule has 1 aromatic carbocycles. The number of piperazine rings is 1. The van der Waals surface area contributed by atoms with E-state index in [1.807, 2.05) is 12.1 Å². The number of likely N-dealkylation sites (N-methyl/N-ethyl adjacent to an activating group) is 1. The minimum absolute atomic E-state index is 0.0748. The molecule has 1 aliphatic carbocycles. The molecule has 0 unspecified atom stereocenters. The lowest BCUT2D eigenvalue weighted by molar-refractivity contribution is 0.247. The Morgan fingerprint density at radius 2 is 1.58 bits per heavy atom. The molecule has 1 saturated heterocycles. The molecule has 2 N–H and O–H groups in total. The maximum Gasteiger partial charge on any atom is 0.319 e. The molecule has 1 aliphatic heterocycles. The Morgan fingerprint density at radius 3 is 2.21 bits per heavy atom. The number of carbonyl (C=O) groups excluding carboxylic acids is 1. The number of rotatable bonds is 3. The largest absolute Gasteiger partial charge is 0.369 e. The number of urea groups is 1. The van der Waals surface area contributed by atoms with Crippen molar-refractivity contribution in [1.82, 2.24) is 10.2 Å². The van der Waals surface area contributed by atoms with Gasteiger partial charge < -0.3 is 20.4 Å². The zero-order valence-corrected chi connectivity index (χ0v) is 14.8. The van der Waals surface area contributed by atoms with Crippen LogP contribution >= 0.6 is 0 Å². The highest BCUT2D eigenvalue weighted by atomic mass is 16.2. The lowest BCUT2D eigenvalue weighted by Crippen LogP contribution is -2.44. The van der Waals surface area contributed by atoms with Gasteiger partial charge in [-0.3, -0.25) is 0 Å². The fourth-order valence-corrected chi connectivity index (χ4v) is 3.60. The first kappa shape index (κ1) is 17.1. The quantitative estimate of drug-likeness (QED) is 0.836. The van der Waals surface area contributed by atoms with E-state index in [2.05, 4.69) is 39.6 Å². The maximum atomic E-state index is 12.2. The summed E-state index contributed by atoms with van der Waals surface area (Å²) in [4.78, 5) is 16.9. The first-order valence-electron chi connectivity index (χ1n) is 9.32. The standard InChI is InChI=1S/C19H30N4O/c1-22-12-14-23(15-13-22)18-10-8-17(9-11-18)21-19(24)20-16-6-4-2-3-5-7-16/h8-11,16H,2-7,12-15H2,1H3,(H2,20,21,24). The molecule has 2 fully saturated rings. The molecule has 0 aromatic heterocycles. The SMILES string of the molecule is CN1CCN(c2ccc(NC(=O)NC3CCCCCC3)cc2)CC1. The Balaban J connectivity index is 1.49. The van der Waals surface area contributed by atoms with Crippen LogP contribution in [0.15, 0.2) is 24.3 Å². The van der Waals surface area contributed by atoms with Gasteiger partial charge in [0.1, 0.15) is 0 Å². The molecule has 2 amide bonds. The van der Waals surface area contributed by atoms with Gasteiger partial charge in [-0.25, -0.2) is 4.79 Å². The number of nitrogens with one attached hydrogen (secondary N) is 2. The molecule has 1 heterocycles. The van der Waals surface area contributed by atoms with Crippen molar-refractivity contribution in [2.24, 2.45) is 0 Å². The summed E-state index contributed by atoms with van der Waals surface area (Å²) in [7, 11) is 2.16. The lowest BCUT2D eigenvalue weighted by Gasteiger charge is -2.34. The molecular formula is C19H30N4O. The molecule has 0 spiro atoms. The fourth-order valence-electron chi connectivity index (χ4n) is 3.60. The van der Waals surface area contributed by atoms with Gasteiger partial charge in [0.2, 0.25) is 0 Å². The molecule has 1 aromatic rings. The summed E-state index contributed by atoms with van der Waals surface area (Å²) in [6.45, 7) is 4.32. The number of carbonyl (C=O) groups is 1. The third-order valence-electron chi connectivity index (χ3n) is 5.18. The van der Waals surface area contributed by atoms with Crippen molar-refractivity contribution in [1.29, 1.82) is 0 Å². The minimum Gasteiger partial charge on any atom is -0.369 e. The second kappa shape index (κ2) is 8.38. The molecular weight excluding hydrogens is 300 g/mol. The Kier molecular flexibility index (Phi) is 5.96. The van der Waals surface area contributed by atoms with Gasteiger partial charge >= 0.3 is 6.03 Å². The highest BCUT2D eigenvalue weighted by Crippen LogP contribution is 2.20. The van der Waals surface area contributed by atoms with Crippen molar-refractivity contribution in [3.05, 3.63) is 24.3 Å². The summed E-state index contributed by atoms with van der Waals surface area (Å²) in [5.74, 6) is 0. The van der Waals surface area contributed by atoms with E-state index in [-0.39, 0.29) is 6.03 Å². The maximum absolute atomic E-state index is 12.2. The van der Waals surface area contributed by atoms with Crippen LogP contribution in [0.3, 0.4) is 0 Å². The van der Waals surface area contributed by atoms with E-state index in [9.17, 15) is 4.79 Å². The van der Waals surface area contributed by atoms with Gasteiger partial charge in [0, 0.05) is 43.6 Å². The molecule has 132 valence electrons. The second-order valence-electron chi connectivity index (χ2n) is 7.12. The summed E-state index contributed by atoms with van der Waals surface area (Å²) in [5.41, 5.74) is 2.09. The van der Waals surface area contributed by atoms with E-state index in [0.717, 1.165) is 44.7 Å². The third-order valence-corrected chi connectivity index (χ3v) is 5.18. The van der Waals surface area contributed by atoms with E-state index in [1.54, 1.807) is 0 Å². The van der Waals surface area contributed by atoms with Crippen LogP contribution < -0.4 is 15.5 Å². The summed E-state index contributed by atoms with van der Waals surface area (Å²) >= 11 is 0. The van der Waals surface area contributed by atoms with Crippen molar-refractivity contribution in [3.63, 3.8) is 0 Å². The average molecular weight is 330 g/mol. The number of hydrogen-bond acceptors (Lipinski definition) is 3. The van der Waals surface area contributed by atoms with Crippen LogP contribution in [-0.2, 0) is 0 Å². The van der Waals surface area contributed by atoms with Gasteiger partial charge in [-0.1, -0.05) is 25.7 Å². The normalized spacial score (nSPS) is 20.5. The van der Waals surface area contributed by atoms with Crippen molar-refractivity contribution in [2.75, 3.05) is 43.4 Å². The highest BCUT2D eigenvalue weighted by Gasteiger charge is 2.16. The van der Waals surface area contributed by atoms with Crippen molar-refractivity contribution < 1.29 is 4.79 Å². The molecule has 24 heavy (non-hydrogen) atoms. The summed E-state index contributed by atoms with van der Waals surface area (Å²) in [6.07, 6.45) is 7.27. The zero-order valence-electron chi connectivity index (χ0n) is 14.8. The number of nitrogens with zero attached hydrogens (tertiary/aromatic N) is 2. The number of anilines is 2. The molecule has 5 heteroatoms. The van der Waals surface area contributed by atoms with Crippen LogP contribution in [0.25, 0.3) is 0 Å². The monoisotopic (exact) mass is 330 g/mol. The molecule has 2 aliphatic rings. The Morgan fingerprint density at radius 1 is 0.958 bits per heavy atom. The van der Waals surface area contributed by atoms with Crippen molar-refractivity contribution in [2.45, 2.75) is 44.6 Å². The Hall–Kier alpha value is -1.75.